The summed E-state index contributed by atoms with van der Waals surface area (Å²) in [5.74, 6) is 3.16. The van der Waals surface area contributed by atoms with Crippen molar-refractivity contribution in [3.63, 3.8) is 0 Å². The Bertz CT molecular complexity index is 611. The molecule has 1 aliphatic rings. The molecular weight excluding hydrogens is 260 g/mol. The SMILES string of the molecule is CCNc1cc(N2Cc3ccccc3C2)nc(C(C)C)n1. The van der Waals surface area contributed by atoms with Gasteiger partial charge in [0.1, 0.15) is 17.5 Å². The molecule has 21 heavy (non-hydrogen) atoms. The van der Waals surface area contributed by atoms with E-state index in [9.17, 15) is 0 Å². The Kier molecular flexibility index (Phi) is 3.78. The zero-order valence-corrected chi connectivity index (χ0v) is 12.9. The first kappa shape index (κ1) is 13.9. The van der Waals surface area contributed by atoms with Gasteiger partial charge in [-0.05, 0) is 18.1 Å². The largest absolute Gasteiger partial charge is 0.370 e. The summed E-state index contributed by atoms with van der Waals surface area (Å²) in [6.07, 6.45) is 0. The lowest BCUT2D eigenvalue weighted by Gasteiger charge is -2.19. The third-order valence-electron chi connectivity index (χ3n) is 3.77. The van der Waals surface area contributed by atoms with Crippen LogP contribution in [0.3, 0.4) is 0 Å². The number of benzene rings is 1. The maximum atomic E-state index is 4.76. The molecule has 3 rings (SSSR count). The molecule has 0 aliphatic carbocycles. The quantitative estimate of drug-likeness (QED) is 0.931. The molecule has 0 amide bonds. The van der Waals surface area contributed by atoms with E-state index in [0.717, 1.165) is 37.1 Å². The van der Waals surface area contributed by atoms with E-state index in [1.165, 1.54) is 11.1 Å². The summed E-state index contributed by atoms with van der Waals surface area (Å²) in [7, 11) is 0. The van der Waals surface area contributed by atoms with E-state index in [-0.39, 0.29) is 0 Å². The van der Waals surface area contributed by atoms with Gasteiger partial charge in [-0.1, -0.05) is 38.1 Å². The third kappa shape index (κ3) is 2.84. The second kappa shape index (κ2) is 5.72. The molecule has 0 radical (unpaired) electrons. The Labute approximate surface area is 126 Å². The van der Waals surface area contributed by atoms with E-state index >= 15 is 0 Å². The van der Waals surface area contributed by atoms with Crippen LogP contribution < -0.4 is 10.2 Å². The smallest absolute Gasteiger partial charge is 0.135 e. The van der Waals surface area contributed by atoms with Crippen LogP contribution in [0.1, 0.15) is 43.6 Å². The van der Waals surface area contributed by atoms with E-state index in [0.29, 0.717) is 5.92 Å². The zero-order chi connectivity index (χ0) is 14.8. The van der Waals surface area contributed by atoms with Crippen LogP contribution >= 0.6 is 0 Å². The van der Waals surface area contributed by atoms with Gasteiger partial charge in [-0.3, -0.25) is 0 Å². The van der Waals surface area contributed by atoms with Gasteiger partial charge >= 0.3 is 0 Å². The molecule has 2 aromatic rings. The van der Waals surface area contributed by atoms with E-state index in [2.05, 4.69) is 66.3 Å². The van der Waals surface area contributed by atoms with Gasteiger partial charge in [0, 0.05) is 31.6 Å². The van der Waals surface area contributed by atoms with Gasteiger partial charge in [0.05, 0.1) is 0 Å². The lowest BCUT2D eigenvalue weighted by molar-refractivity contribution is 0.756. The first-order valence-electron chi connectivity index (χ1n) is 7.62. The van der Waals surface area contributed by atoms with Crippen LogP contribution in [0.5, 0.6) is 0 Å². The molecule has 1 aromatic heterocycles. The van der Waals surface area contributed by atoms with Crippen LogP contribution in [0.2, 0.25) is 0 Å². The molecule has 110 valence electrons. The van der Waals surface area contributed by atoms with Crippen LogP contribution in [0, 0.1) is 0 Å². The highest BCUT2D eigenvalue weighted by Crippen LogP contribution is 2.28. The van der Waals surface area contributed by atoms with Crippen molar-refractivity contribution < 1.29 is 0 Å². The van der Waals surface area contributed by atoms with Crippen molar-refractivity contribution in [3.05, 3.63) is 47.3 Å². The fourth-order valence-electron chi connectivity index (χ4n) is 2.64. The van der Waals surface area contributed by atoms with Crippen LogP contribution in [-0.2, 0) is 13.1 Å². The van der Waals surface area contributed by atoms with Gasteiger partial charge < -0.3 is 10.2 Å². The van der Waals surface area contributed by atoms with Crippen LogP contribution in [0.4, 0.5) is 11.6 Å². The fraction of sp³-hybridized carbons (Fsp3) is 0.412. The fourth-order valence-corrected chi connectivity index (χ4v) is 2.64. The van der Waals surface area contributed by atoms with Crippen molar-refractivity contribution in [3.8, 4) is 0 Å². The standard InChI is InChI=1S/C17H22N4/c1-4-18-15-9-16(20-17(19-15)12(2)3)21-10-13-7-5-6-8-14(13)11-21/h5-9,12H,4,10-11H2,1-3H3,(H,18,19,20). The van der Waals surface area contributed by atoms with Crippen LogP contribution in [0.25, 0.3) is 0 Å². The van der Waals surface area contributed by atoms with Crippen LogP contribution in [-0.4, -0.2) is 16.5 Å². The van der Waals surface area contributed by atoms with E-state index < -0.39 is 0 Å². The number of hydrogen-bond donors (Lipinski definition) is 1. The molecule has 0 bridgehead atoms. The Hall–Kier alpha value is -2.10. The maximum absolute atomic E-state index is 4.76. The minimum absolute atomic E-state index is 0.326. The van der Waals surface area contributed by atoms with Crippen molar-refractivity contribution in [1.82, 2.24) is 9.97 Å². The summed E-state index contributed by atoms with van der Waals surface area (Å²) in [4.78, 5) is 11.7. The highest BCUT2D eigenvalue weighted by Gasteiger charge is 2.21. The predicted octanol–water partition coefficient (Wildman–Crippen LogP) is 3.55. The second-order valence-corrected chi connectivity index (χ2v) is 5.78. The number of anilines is 2. The Morgan fingerprint density at radius 1 is 1.14 bits per heavy atom. The molecule has 1 aromatic carbocycles. The molecular formula is C17H22N4. The van der Waals surface area contributed by atoms with Gasteiger partial charge in [0.15, 0.2) is 0 Å². The molecule has 4 heteroatoms. The number of fused-ring (bicyclic) bond motifs is 1. The molecule has 0 spiro atoms. The summed E-state index contributed by atoms with van der Waals surface area (Å²) in [5, 5.41) is 3.31. The first-order chi connectivity index (χ1) is 10.2. The molecule has 0 saturated carbocycles. The maximum Gasteiger partial charge on any atom is 0.135 e. The van der Waals surface area contributed by atoms with E-state index in [1.807, 2.05) is 0 Å². The van der Waals surface area contributed by atoms with Crippen molar-refractivity contribution in [1.29, 1.82) is 0 Å². The molecule has 0 atom stereocenters. The minimum Gasteiger partial charge on any atom is -0.370 e. The van der Waals surface area contributed by atoms with Gasteiger partial charge in [-0.25, -0.2) is 9.97 Å². The summed E-state index contributed by atoms with van der Waals surface area (Å²) in [6.45, 7) is 9.07. The van der Waals surface area contributed by atoms with Gasteiger partial charge in [-0.15, -0.1) is 0 Å². The number of hydrogen-bond acceptors (Lipinski definition) is 4. The number of rotatable bonds is 4. The van der Waals surface area contributed by atoms with Crippen molar-refractivity contribution in [2.75, 3.05) is 16.8 Å². The lowest BCUT2D eigenvalue weighted by atomic mass is 10.1. The minimum atomic E-state index is 0.326. The summed E-state index contributed by atoms with van der Waals surface area (Å²) >= 11 is 0. The summed E-state index contributed by atoms with van der Waals surface area (Å²) in [5.41, 5.74) is 2.79. The Balaban J connectivity index is 1.92. The number of nitrogens with zero attached hydrogens (tertiary/aromatic N) is 3. The second-order valence-electron chi connectivity index (χ2n) is 5.78. The predicted molar refractivity (Wildman–Crippen MR) is 86.6 cm³/mol. The molecule has 4 nitrogen and oxygen atoms in total. The monoisotopic (exact) mass is 282 g/mol. The van der Waals surface area contributed by atoms with E-state index in [4.69, 9.17) is 4.98 Å². The number of aromatic nitrogens is 2. The average molecular weight is 282 g/mol. The third-order valence-corrected chi connectivity index (χ3v) is 3.77. The molecule has 1 N–H and O–H groups in total. The van der Waals surface area contributed by atoms with Gasteiger partial charge in [0.25, 0.3) is 0 Å². The van der Waals surface area contributed by atoms with E-state index in [1.54, 1.807) is 0 Å². The average Bonchev–Trinajstić information content (AvgIpc) is 2.91. The van der Waals surface area contributed by atoms with Gasteiger partial charge in [-0.2, -0.15) is 0 Å². The molecule has 1 aliphatic heterocycles. The first-order valence-corrected chi connectivity index (χ1v) is 7.62. The molecule has 0 unspecified atom stereocenters. The topological polar surface area (TPSA) is 41.0 Å². The summed E-state index contributed by atoms with van der Waals surface area (Å²) < 4.78 is 0. The van der Waals surface area contributed by atoms with Crippen molar-refractivity contribution in [2.45, 2.75) is 39.8 Å². The highest BCUT2D eigenvalue weighted by molar-refractivity contribution is 5.53. The number of nitrogens with one attached hydrogen (secondary N) is 1. The highest BCUT2D eigenvalue weighted by atomic mass is 15.2. The normalized spacial score (nSPS) is 13.6. The Morgan fingerprint density at radius 3 is 2.38 bits per heavy atom. The zero-order valence-electron chi connectivity index (χ0n) is 12.9. The van der Waals surface area contributed by atoms with Crippen LogP contribution in [0.15, 0.2) is 30.3 Å². The Morgan fingerprint density at radius 2 is 1.81 bits per heavy atom. The molecule has 0 fully saturated rings. The lowest BCUT2D eigenvalue weighted by Crippen LogP contribution is -2.18. The van der Waals surface area contributed by atoms with Gasteiger partial charge in [0.2, 0.25) is 0 Å². The summed E-state index contributed by atoms with van der Waals surface area (Å²) in [6, 6.07) is 10.7. The molecule has 0 saturated heterocycles. The molecule has 2 heterocycles. The van der Waals surface area contributed by atoms with Crippen molar-refractivity contribution >= 4 is 11.6 Å². The van der Waals surface area contributed by atoms with Crippen molar-refractivity contribution in [2.24, 2.45) is 0 Å².